The fraction of sp³-hybridized carbons (Fsp3) is 0.375. The average Bonchev–Trinajstić information content (AvgIpc) is 2.96. The summed E-state index contributed by atoms with van der Waals surface area (Å²) in [7, 11) is -3.45. The van der Waals surface area contributed by atoms with E-state index in [0.29, 0.717) is 16.7 Å². The minimum atomic E-state index is -3.45. The van der Waals surface area contributed by atoms with Gasteiger partial charge < -0.3 is 0 Å². The van der Waals surface area contributed by atoms with E-state index in [1.807, 2.05) is 37.3 Å². The van der Waals surface area contributed by atoms with E-state index < -0.39 is 10.0 Å². The Morgan fingerprint density at radius 3 is 2.71 bits per heavy atom. The van der Waals surface area contributed by atoms with E-state index in [2.05, 4.69) is 6.92 Å². The Hall–Kier alpha value is -1.33. The predicted octanol–water partition coefficient (Wildman–Crippen LogP) is 3.70. The molecule has 1 aliphatic rings. The van der Waals surface area contributed by atoms with E-state index in [9.17, 15) is 8.42 Å². The van der Waals surface area contributed by atoms with Crippen LogP contribution in [0.2, 0.25) is 0 Å². The molecule has 21 heavy (non-hydrogen) atoms. The number of hydrogen-bond acceptors (Lipinski definition) is 3. The van der Waals surface area contributed by atoms with Crippen LogP contribution >= 0.6 is 11.3 Å². The molecule has 1 aromatic carbocycles. The molecule has 5 heteroatoms. The first kappa shape index (κ1) is 14.6. The summed E-state index contributed by atoms with van der Waals surface area (Å²) in [5.41, 5.74) is 1.95. The molecule has 1 aliphatic heterocycles. The number of anilines is 1. The number of para-hydroxylation sites is 1. The molecule has 2 aromatic rings. The van der Waals surface area contributed by atoms with Gasteiger partial charge in [-0.25, -0.2) is 8.42 Å². The van der Waals surface area contributed by atoms with Crippen LogP contribution in [0.1, 0.15) is 24.3 Å². The maximum Gasteiger partial charge on any atom is 0.273 e. The predicted molar refractivity (Wildman–Crippen MR) is 87.5 cm³/mol. The molecule has 112 valence electrons. The Bertz CT molecular complexity index is 749. The Kier molecular flexibility index (Phi) is 3.80. The molecule has 0 saturated carbocycles. The largest absolute Gasteiger partial charge is 0.273 e. The zero-order valence-corrected chi connectivity index (χ0v) is 13.9. The summed E-state index contributed by atoms with van der Waals surface area (Å²) < 4.78 is 28.0. The van der Waals surface area contributed by atoms with Gasteiger partial charge in [0, 0.05) is 11.4 Å². The summed E-state index contributed by atoms with van der Waals surface area (Å²) >= 11 is 1.38. The standard InChI is InChI=1S/C16H19NO2S2/c1-3-14-8-9-16(20-14)21(18,19)17-11-12(2)10-13-6-4-5-7-15(13)17/h4-9,12H,3,10-11H2,1-2H3. The first-order chi connectivity index (χ1) is 10.0. The molecule has 0 saturated heterocycles. The van der Waals surface area contributed by atoms with Gasteiger partial charge in [0.05, 0.1) is 5.69 Å². The molecule has 1 unspecified atom stereocenters. The number of fused-ring (bicyclic) bond motifs is 1. The number of hydrogen-bond donors (Lipinski definition) is 0. The molecular weight excluding hydrogens is 302 g/mol. The Labute approximate surface area is 130 Å². The van der Waals surface area contributed by atoms with Gasteiger partial charge in [0.15, 0.2) is 0 Å². The highest BCUT2D eigenvalue weighted by atomic mass is 32.2. The van der Waals surface area contributed by atoms with Crippen LogP contribution in [0.15, 0.2) is 40.6 Å². The SMILES string of the molecule is CCc1ccc(S(=O)(=O)N2CC(C)Cc3ccccc32)s1. The van der Waals surface area contributed by atoms with Crippen LogP contribution in [-0.2, 0) is 22.9 Å². The Balaban J connectivity index is 2.07. The van der Waals surface area contributed by atoms with E-state index in [1.165, 1.54) is 11.3 Å². The van der Waals surface area contributed by atoms with Crippen LogP contribution in [0.25, 0.3) is 0 Å². The quantitative estimate of drug-likeness (QED) is 0.864. The fourth-order valence-corrected chi connectivity index (χ4v) is 5.80. The number of rotatable bonds is 3. The zero-order chi connectivity index (χ0) is 15.0. The normalized spacial score (nSPS) is 18.6. The van der Waals surface area contributed by atoms with Gasteiger partial charge in [-0.2, -0.15) is 0 Å². The number of thiophene rings is 1. The third kappa shape index (κ3) is 2.60. The summed E-state index contributed by atoms with van der Waals surface area (Å²) in [6, 6.07) is 11.5. The van der Waals surface area contributed by atoms with Crippen molar-refractivity contribution in [1.29, 1.82) is 0 Å². The van der Waals surface area contributed by atoms with Crippen molar-refractivity contribution in [2.75, 3.05) is 10.8 Å². The second-order valence-corrected chi connectivity index (χ2v) is 8.81. The van der Waals surface area contributed by atoms with E-state index >= 15 is 0 Å². The van der Waals surface area contributed by atoms with Crippen molar-refractivity contribution < 1.29 is 8.42 Å². The zero-order valence-electron chi connectivity index (χ0n) is 12.2. The molecule has 0 bridgehead atoms. The van der Waals surface area contributed by atoms with E-state index in [0.717, 1.165) is 29.0 Å². The van der Waals surface area contributed by atoms with Crippen molar-refractivity contribution in [3.63, 3.8) is 0 Å². The maximum atomic E-state index is 13.0. The fourth-order valence-electron chi connectivity index (χ4n) is 2.77. The van der Waals surface area contributed by atoms with Crippen LogP contribution in [-0.4, -0.2) is 15.0 Å². The first-order valence-electron chi connectivity index (χ1n) is 7.21. The first-order valence-corrected chi connectivity index (χ1v) is 9.47. The topological polar surface area (TPSA) is 37.4 Å². The molecule has 1 aromatic heterocycles. The lowest BCUT2D eigenvalue weighted by molar-refractivity contribution is 0.546. The third-order valence-corrected chi connectivity index (χ3v) is 7.31. The molecule has 0 aliphatic carbocycles. The lowest BCUT2D eigenvalue weighted by Crippen LogP contribution is -2.38. The summed E-state index contributed by atoms with van der Waals surface area (Å²) in [6.07, 6.45) is 1.81. The highest BCUT2D eigenvalue weighted by Gasteiger charge is 2.32. The van der Waals surface area contributed by atoms with Crippen LogP contribution < -0.4 is 4.31 Å². The van der Waals surface area contributed by atoms with Crippen molar-refractivity contribution in [3.8, 4) is 0 Å². The molecule has 0 N–H and O–H groups in total. The minimum Gasteiger partial charge on any atom is -0.265 e. The second kappa shape index (κ2) is 5.46. The van der Waals surface area contributed by atoms with Crippen LogP contribution in [0, 0.1) is 5.92 Å². The Morgan fingerprint density at radius 2 is 2.00 bits per heavy atom. The van der Waals surface area contributed by atoms with Crippen LogP contribution in [0.3, 0.4) is 0 Å². The monoisotopic (exact) mass is 321 g/mol. The summed E-state index contributed by atoms with van der Waals surface area (Å²) in [5.74, 6) is 0.334. The van der Waals surface area contributed by atoms with Crippen molar-refractivity contribution in [2.45, 2.75) is 30.9 Å². The van der Waals surface area contributed by atoms with Crippen molar-refractivity contribution in [3.05, 3.63) is 46.8 Å². The minimum absolute atomic E-state index is 0.334. The third-order valence-electron chi connectivity index (χ3n) is 3.84. The lowest BCUT2D eigenvalue weighted by atomic mass is 9.96. The van der Waals surface area contributed by atoms with E-state index in [-0.39, 0.29) is 0 Å². The average molecular weight is 321 g/mol. The van der Waals surface area contributed by atoms with Crippen LogP contribution in [0.4, 0.5) is 5.69 Å². The van der Waals surface area contributed by atoms with Crippen molar-refractivity contribution in [2.24, 2.45) is 5.92 Å². The summed E-state index contributed by atoms with van der Waals surface area (Å²) in [4.78, 5) is 1.10. The number of sulfonamides is 1. The molecule has 3 rings (SSSR count). The number of nitrogens with zero attached hydrogens (tertiary/aromatic N) is 1. The highest BCUT2D eigenvalue weighted by molar-refractivity contribution is 7.94. The van der Waals surface area contributed by atoms with Gasteiger partial charge in [-0.3, -0.25) is 4.31 Å². The summed E-state index contributed by atoms with van der Waals surface area (Å²) in [5, 5.41) is 0. The van der Waals surface area contributed by atoms with Gasteiger partial charge in [0.25, 0.3) is 10.0 Å². The highest BCUT2D eigenvalue weighted by Crippen LogP contribution is 2.35. The molecular formula is C16H19NO2S2. The maximum absolute atomic E-state index is 13.0. The van der Waals surface area contributed by atoms with Gasteiger partial charge in [-0.05, 0) is 42.5 Å². The number of aryl methyl sites for hydroxylation is 1. The van der Waals surface area contributed by atoms with Crippen molar-refractivity contribution >= 4 is 27.0 Å². The smallest absolute Gasteiger partial charge is 0.265 e. The van der Waals surface area contributed by atoms with E-state index in [1.54, 1.807) is 10.4 Å². The Morgan fingerprint density at radius 1 is 1.24 bits per heavy atom. The van der Waals surface area contributed by atoms with Gasteiger partial charge in [0.2, 0.25) is 0 Å². The molecule has 0 fully saturated rings. The van der Waals surface area contributed by atoms with E-state index in [4.69, 9.17) is 0 Å². The van der Waals surface area contributed by atoms with Gasteiger partial charge >= 0.3 is 0 Å². The summed E-state index contributed by atoms with van der Waals surface area (Å²) in [6.45, 7) is 4.70. The lowest BCUT2D eigenvalue weighted by Gasteiger charge is -2.33. The van der Waals surface area contributed by atoms with Gasteiger partial charge in [-0.1, -0.05) is 32.0 Å². The van der Waals surface area contributed by atoms with Crippen LogP contribution in [0.5, 0.6) is 0 Å². The molecule has 0 spiro atoms. The molecule has 0 radical (unpaired) electrons. The molecule has 2 heterocycles. The van der Waals surface area contributed by atoms with Gasteiger partial charge in [-0.15, -0.1) is 11.3 Å². The van der Waals surface area contributed by atoms with Gasteiger partial charge in [0.1, 0.15) is 4.21 Å². The molecule has 1 atom stereocenters. The van der Waals surface area contributed by atoms with Crippen molar-refractivity contribution in [1.82, 2.24) is 0 Å². The molecule has 0 amide bonds. The molecule has 3 nitrogen and oxygen atoms in total. The second-order valence-electron chi connectivity index (χ2n) is 5.55. The number of benzene rings is 1.